The minimum absolute atomic E-state index is 0.597. The van der Waals surface area contributed by atoms with Crippen LogP contribution < -0.4 is 5.73 Å². The van der Waals surface area contributed by atoms with E-state index in [1.165, 1.54) is 77.3 Å². The molecule has 2 N–H and O–H groups in total. The SMILES string of the molecule is CCCCCCCCCC(CN)N1CCCC(COC)C1. The van der Waals surface area contributed by atoms with E-state index in [-0.39, 0.29) is 0 Å². The summed E-state index contributed by atoms with van der Waals surface area (Å²) in [5.74, 6) is 0.715. The minimum atomic E-state index is 0.597. The molecule has 1 saturated heterocycles. The normalized spacial score (nSPS) is 21.6. The van der Waals surface area contributed by atoms with Gasteiger partial charge in [0.05, 0.1) is 6.61 Å². The molecule has 0 radical (unpaired) electrons. The van der Waals surface area contributed by atoms with Crippen LogP contribution in [0.25, 0.3) is 0 Å². The van der Waals surface area contributed by atoms with E-state index in [1.807, 2.05) is 7.11 Å². The molecule has 3 nitrogen and oxygen atoms in total. The van der Waals surface area contributed by atoms with E-state index in [0.29, 0.717) is 12.0 Å². The van der Waals surface area contributed by atoms with E-state index in [0.717, 1.165) is 13.2 Å². The summed E-state index contributed by atoms with van der Waals surface area (Å²) in [6.45, 7) is 6.42. The van der Waals surface area contributed by atoms with Gasteiger partial charge in [-0.15, -0.1) is 0 Å². The zero-order valence-electron chi connectivity index (χ0n) is 14.5. The molecule has 1 aliphatic rings. The third kappa shape index (κ3) is 8.18. The van der Waals surface area contributed by atoms with Crippen LogP contribution in [0.1, 0.15) is 71.1 Å². The molecule has 1 fully saturated rings. The average Bonchev–Trinajstić information content (AvgIpc) is 2.51. The van der Waals surface area contributed by atoms with E-state index in [1.54, 1.807) is 0 Å². The molecular formula is C18H38N2O. The number of hydrogen-bond donors (Lipinski definition) is 1. The van der Waals surface area contributed by atoms with E-state index < -0.39 is 0 Å². The van der Waals surface area contributed by atoms with Crippen molar-refractivity contribution in [2.75, 3.05) is 33.4 Å². The van der Waals surface area contributed by atoms with Crippen LogP contribution in [0, 0.1) is 5.92 Å². The number of ether oxygens (including phenoxy) is 1. The summed E-state index contributed by atoms with van der Waals surface area (Å²) < 4.78 is 5.33. The van der Waals surface area contributed by atoms with Crippen molar-refractivity contribution in [1.29, 1.82) is 0 Å². The summed E-state index contributed by atoms with van der Waals surface area (Å²) in [4.78, 5) is 2.63. The topological polar surface area (TPSA) is 38.5 Å². The number of hydrogen-bond acceptors (Lipinski definition) is 3. The molecule has 0 aromatic heterocycles. The Morgan fingerprint density at radius 2 is 1.86 bits per heavy atom. The number of nitrogens with two attached hydrogens (primary N) is 1. The highest BCUT2D eigenvalue weighted by molar-refractivity contribution is 4.79. The second kappa shape index (κ2) is 12.4. The van der Waals surface area contributed by atoms with Gasteiger partial charge >= 0.3 is 0 Å². The van der Waals surface area contributed by atoms with E-state index >= 15 is 0 Å². The first-order chi connectivity index (χ1) is 10.3. The Labute approximate surface area is 132 Å². The van der Waals surface area contributed by atoms with Gasteiger partial charge in [0, 0.05) is 26.2 Å². The molecule has 1 rings (SSSR count). The number of likely N-dealkylation sites (tertiary alicyclic amines) is 1. The predicted octanol–water partition coefficient (Wildman–Crippen LogP) is 3.81. The van der Waals surface area contributed by atoms with E-state index in [9.17, 15) is 0 Å². The Morgan fingerprint density at radius 1 is 1.14 bits per heavy atom. The highest BCUT2D eigenvalue weighted by atomic mass is 16.5. The molecule has 0 aromatic carbocycles. The maximum absolute atomic E-state index is 6.03. The maximum atomic E-state index is 6.03. The smallest absolute Gasteiger partial charge is 0.0502 e. The monoisotopic (exact) mass is 298 g/mol. The molecule has 0 aliphatic carbocycles. The standard InChI is InChI=1S/C18H38N2O/c1-3-4-5-6-7-8-9-12-18(14-19)20-13-10-11-17(15-20)16-21-2/h17-18H,3-16,19H2,1-2H3. The largest absolute Gasteiger partial charge is 0.384 e. The van der Waals surface area contributed by atoms with Gasteiger partial charge < -0.3 is 10.5 Å². The summed E-state index contributed by atoms with van der Waals surface area (Å²) in [6.07, 6.45) is 13.6. The molecule has 0 aromatic rings. The molecular weight excluding hydrogens is 260 g/mol. The summed E-state index contributed by atoms with van der Waals surface area (Å²) in [7, 11) is 1.82. The fourth-order valence-electron chi connectivity index (χ4n) is 3.59. The van der Waals surface area contributed by atoms with Gasteiger partial charge in [0.2, 0.25) is 0 Å². The lowest BCUT2D eigenvalue weighted by Crippen LogP contribution is -2.47. The molecule has 1 heterocycles. The summed E-state index contributed by atoms with van der Waals surface area (Å²) in [5.41, 5.74) is 6.03. The van der Waals surface area contributed by atoms with Gasteiger partial charge in [-0.25, -0.2) is 0 Å². The van der Waals surface area contributed by atoms with Crippen LogP contribution in [0.15, 0.2) is 0 Å². The summed E-state index contributed by atoms with van der Waals surface area (Å²) >= 11 is 0. The van der Waals surface area contributed by atoms with Crippen molar-refractivity contribution in [2.24, 2.45) is 11.7 Å². The summed E-state index contributed by atoms with van der Waals surface area (Å²) in [6, 6.07) is 0.597. The van der Waals surface area contributed by atoms with Crippen molar-refractivity contribution >= 4 is 0 Å². The first-order valence-electron chi connectivity index (χ1n) is 9.24. The fourth-order valence-corrected chi connectivity index (χ4v) is 3.59. The van der Waals surface area contributed by atoms with Gasteiger partial charge in [0.25, 0.3) is 0 Å². The lowest BCUT2D eigenvalue weighted by molar-refractivity contribution is 0.0669. The van der Waals surface area contributed by atoms with Crippen molar-refractivity contribution in [3.8, 4) is 0 Å². The molecule has 0 saturated carbocycles. The Hall–Kier alpha value is -0.120. The first kappa shape index (κ1) is 18.9. The highest BCUT2D eigenvalue weighted by Crippen LogP contribution is 2.21. The van der Waals surface area contributed by atoms with Crippen molar-refractivity contribution in [2.45, 2.75) is 77.2 Å². The fraction of sp³-hybridized carbons (Fsp3) is 1.00. The average molecular weight is 299 g/mol. The van der Waals surface area contributed by atoms with Crippen molar-refractivity contribution in [3.05, 3.63) is 0 Å². The zero-order valence-corrected chi connectivity index (χ0v) is 14.5. The molecule has 2 unspecified atom stereocenters. The van der Waals surface area contributed by atoms with Gasteiger partial charge in [0.15, 0.2) is 0 Å². The molecule has 1 aliphatic heterocycles. The van der Waals surface area contributed by atoms with Crippen LogP contribution in [0.5, 0.6) is 0 Å². The van der Waals surface area contributed by atoms with Crippen LogP contribution in [0.2, 0.25) is 0 Å². The number of methoxy groups -OCH3 is 1. The third-order valence-corrected chi connectivity index (χ3v) is 4.88. The summed E-state index contributed by atoms with van der Waals surface area (Å²) in [5, 5.41) is 0. The Bertz CT molecular complexity index is 233. The Morgan fingerprint density at radius 3 is 2.52 bits per heavy atom. The molecule has 0 amide bonds. The van der Waals surface area contributed by atoms with Gasteiger partial charge in [-0.3, -0.25) is 4.90 Å². The molecule has 0 bridgehead atoms. The number of unbranched alkanes of at least 4 members (excludes halogenated alkanes) is 6. The quantitative estimate of drug-likeness (QED) is 0.557. The van der Waals surface area contributed by atoms with E-state index in [4.69, 9.17) is 10.5 Å². The number of nitrogens with zero attached hydrogens (tertiary/aromatic N) is 1. The molecule has 0 spiro atoms. The Kier molecular flexibility index (Phi) is 11.2. The third-order valence-electron chi connectivity index (χ3n) is 4.88. The van der Waals surface area contributed by atoms with Crippen LogP contribution in [-0.4, -0.2) is 44.3 Å². The van der Waals surface area contributed by atoms with Gasteiger partial charge in [-0.1, -0.05) is 51.9 Å². The first-order valence-corrected chi connectivity index (χ1v) is 9.24. The van der Waals surface area contributed by atoms with Crippen molar-refractivity contribution in [3.63, 3.8) is 0 Å². The second-order valence-electron chi connectivity index (χ2n) is 6.76. The maximum Gasteiger partial charge on any atom is 0.0502 e. The zero-order chi connectivity index (χ0) is 15.3. The predicted molar refractivity (Wildman–Crippen MR) is 91.6 cm³/mol. The van der Waals surface area contributed by atoms with Gasteiger partial charge in [-0.2, -0.15) is 0 Å². The second-order valence-corrected chi connectivity index (χ2v) is 6.76. The molecule has 21 heavy (non-hydrogen) atoms. The molecule has 3 heteroatoms. The number of rotatable bonds is 12. The highest BCUT2D eigenvalue weighted by Gasteiger charge is 2.24. The van der Waals surface area contributed by atoms with Crippen LogP contribution >= 0.6 is 0 Å². The van der Waals surface area contributed by atoms with Gasteiger partial charge in [-0.05, 0) is 31.7 Å². The van der Waals surface area contributed by atoms with Crippen molar-refractivity contribution < 1.29 is 4.74 Å². The lowest BCUT2D eigenvalue weighted by Gasteiger charge is -2.37. The Balaban J connectivity index is 2.15. The van der Waals surface area contributed by atoms with Crippen LogP contribution in [0.3, 0.4) is 0 Å². The molecule has 2 atom stereocenters. The minimum Gasteiger partial charge on any atom is -0.384 e. The van der Waals surface area contributed by atoms with Crippen LogP contribution in [-0.2, 0) is 4.74 Å². The van der Waals surface area contributed by atoms with Gasteiger partial charge in [0.1, 0.15) is 0 Å². The van der Waals surface area contributed by atoms with Crippen molar-refractivity contribution in [1.82, 2.24) is 4.90 Å². The molecule has 126 valence electrons. The lowest BCUT2D eigenvalue weighted by atomic mass is 9.95. The van der Waals surface area contributed by atoms with Crippen LogP contribution in [0.4, 0.5) is 0 Å². The van der Waals surface area contributed by atoms with E-state index in [2.05, 4.69) is 11.8 Å². The number of piperidine rings is 1.